The Hall–Kier alpha value is -1.92. The highest BCUT2D eigenvalue weighted by atomic mass is 32.1. The number of piperidine rings is 1. The van der Waals surface area contributed by atoms with E-state index >= 15 is 0 Å². The molecule has 0 saturated carbocycles. The molecule has 2 heterocycles. The van der Waals surface area contributed by atoms with Crippen LogP contribution in [0.25, 0.3) is 0 Å². The number of amides is 1. The van der Waals surface area contributed by atoms with Crippen LogP contribution < -0.4 is 10.2 Å². The van der Waals surface area contributed by atoms with Crippen molar-refractivity contribution in [2.24, 2.45) is 5.92 Å². The van der Waals surface area contributed by atoms with E-state index in [-0.39, 0.29) is 5.91 Å². The van der Waals surface area contributed by atoms with Crippen LogP contribution in [-0.2, 0) is 0 Å². The molecule has 3 rings (SSSR count). The largest absolute Gasteiger partial charge is 0.350 e. The summed E-state index contributed by atoms with van der Waals surface area (Å²) in [5.41, 5.74) is 1.58. The number of rotatable bonds is 9. The monoisotopic (exact) mass is 400 g/mol. The van der Waals surface area contributed by atoms with Crippen molar-refractivity contribution in [2.45, 2.75) is 39.0 Å². The second kappa shape index (κ2) is 10.6. The van der Waals surface area contributed by atoms with E-state index in [1.165, 1.54) is 56.5 Å². The van der Waals surface area contributed by atoms with Crippen LogP contribution in [-0.4, -0.2) is 49.0 Å². The second-order valence-corrected chi connectivity index (χ2v) is 8.47. The molecule has 1 fully saturated rings. The van der Waals surface area contributed by atoms with Crippen LogP contribution in [0.5, 0.6) is 0 Å². The van der Waals surface area contributed by atoms with Crippen LogP contribution in [0.4, 0.5) is 10.8 Å². The maximum atomic E-state index is 12.6. The standard InChI is InChI=1S/C22H32N4OS/c1-3-4-8-13-26-14-9-10-18(16-26)15-23-21(27)20-17-28-22(24-20)25(2)19-11-6-5-7-12-19/h5-7,11-12,17-18H,3-4,8-10,13-16H2,1-2H3,(H,23,27)/t18-/m0/s1. The molecule has 0 unspecified atom stereocenters. The number of nitrogens with zero attached hydrogens (tertiary/aromatic N) is 3. The molecule has 1 atom stereocenters. The average Bonchev–Trinajstić information content (AvgIpc) is 3.23. The fourth-order valence-corrected chi connectivity index (χ4v) is 4.51. The number of carbonyl (C=O) groups is 1. The van der Waals surface area contributed by atoms with Gasteiger partial charge in [-0.2, -0.15) is 0 Å². The highest BCUT2D eigenvalue weighted by Gasteiger charge is 2.21. The molecular formula is C22H32N4OS. The zero-order valence-corrected chi connectivity index (χ0v) is 17.9. The summed E-state index contributed by atoms with van der Waals surface area (Å²) >= 11 is 1.50. The molecule has 1 aliphatic heterocycles. The maximum Gasteiger partial charge on any atom is 0.270 e. The van der Waals surface area contributed by atoms with Crippen molar-refractivity contribution in [2.75, 3.05) is 38.1 Å². The molecule has 6 heteroatoms. The Kier molecular flexibility index (Phi) is 7.86. The van der Waals surface area contributed by atoms with Gasteiger partial charge in [-0.15, -0.1) is 11.3 Å². The normalized spacial score (nSPS) is 17.4. The van der Waals surface area contributed by atoms with Gasteiger partial charge in [0.2, 0.25) is 0 Å². The summed E-state index contributed by atoms with van der Waals surface area (Å²) in [6.07, 6.45) is 6.29. The van der Waals surface area contributed by atoms with E-state index in [1.807, 2.05) is 47.7 Å². The van der Waals surface area contributed by atoms with Crippen LogP contribution in [0.1, 0.15) is 49.5 Å². The van der Waals surface area contributed by atoms with Gasteiger partial charge in [-0.25, -0.2) is 4.98 Å². The van der Waals surface area contributed by atoms with E-state index in [0.29, 0.717) is 11.6 Å². The number of hydrogen-bond donors (Lipinski definition) is 1. The number of nitrogens with one attached hydrogen (secondary N) is 1. The second-order valence-electron chi connectivity index (χ2n) is 7.64. The Bertz CT molecular complexity index is 733. The van der Waals surface area contributed by atoms with Gasteiger partial charge >= 0.3 is 0 Å². The summed E-state index contributed by atoms with van der Waals surface area (Å²) < 4.78 is 0. The van der Waals surface area contributed by atoms with Crippen LogP contribution >= 0.6 is 11.3 Å². The fourth-order valence-electron chi connectivity index (χ4n) is 3.72. The third-order valence-corrected chi connectivity index (χ3v) is 6.30. The van der Waals surface area contributed by atoms with E-state index in [0.717, 1.165) is 23.9 Å². The van der Waals surface area contributed by atoms with E-state index < -0.39 is 0 Å². The van der Waals surface area contributed by atoms with Gasteiger partial charge in [-0.1, -0.05) is 38.0 Å². The van der Waals surface area contributed by atoms with Crippen LogP contribution in [0, 0.1) is 5.92 Å². The first kappa shape index (κ1) is 20.8. The molecule has 5 nitrogen and oxygen atoms in total. The molecule has 1 N–H and O–H groups in total. The predicted molar refractivity (Wildman–Crippen MR) is 118 cm³/mol. The number of aromatic nitrogens is 1. The number of likely N-dealkylation sites (tertiary alicyclic amines) is 1. The number of anilines is 2. The summed E-state index contributed by atoms with van der Waals surface area (Å²) in [7, 11) is 1.98. The summed E-state index contributed by atoms with van der Waals surface area (Å²) in [4.78, 5) is 21.7. The number of thiazole rings is 1. The molecule has 28 heavy (non-hydrogen) atoms. The van der Waals surface area contributed by atoms with Gasteiger partial charge in [0.05, 0.1) is 0 Å². The van der Waals surface area contributed by atoms with Gasteiger partial charge in [0.1, 0.15) is 5.69 Å². The minimum absolute atomic E-state index is 0.0629. The molecule has 0 bridgehead atoms. The van der Waals surface area contributed by atoms with Gasteiger partial charge in [0, 0.05) is 31.2 Å². The number of hydrogen-bond acceptors (Lipinski definition) is 5. The molecule has 2 aromatic rings. The Morgan fingerprint density at radius 2 is 2.14 bits per heavy atom. The molecule has 0 aliphatic carbocycles. The Balaban J connectivity index is 1.48. The third kappa shape index (κ3) is 5.79. The topological polar surface area (TPSA) is 48.5 Å². The van der Waals surface area contributed by atoms with E-state index in [4.69, 9.17) is 0 Å². The molecule has 1 amide bonds. The lowest BCUT2D eigenvalue weighted by Crippen LogP contribution is -2.41. The third-order valence-electron chi connectivity index (χ3n) is 5.39. The average molecular weight is 401 g/mol. The molecule has 1 aromatic heterocycles. The van der Waals surface area contributed by atoms with Crippen LogP contribution in [0.15, 0.2) is 35.7 Å². The minimum atomic E-state index is -0.0629. The van der Waals surface area contributed by atoms with E-state index in [1.54, 1.807) is 0 Å². The van der Waals surface area contributed by atoms with Crippen molar-refractivity contribution in [1.82, 2.24) is 15.2 Å². The molecule has 1 aromatic carbocycles. The minimum Gasteiger partial charge on any atom is -0.350 e. The van der Waals surface area contributed by atoms with Crippen molar-refractivity contribution < 1.29 is 4.79 Å². The van der Waals surface area contributed by atoms with Gasteiger partial charge in [-0.05, 0) is 50.4 Å². The summed E-state index contributed by atoms with van der Waals surface area (Å²) in [5.74, 6) is 0.483. The molecule has 0 radical (unpaired) electrons. The first-order chi connectivity index (χ1) is 13.7. The Morgan fingerprint density at radius 3 is 2.93 bits per heavy atom. The van der Waals surface area contributed by atoms with E-state index in [9.17, 15) is 4.79 Å². The number of benzene rings is 1. The number of para-hydroxylation sites is 1. The Morgan fingerprint density at radius 1 is 1.32 bits per heavy atom. The first-order valence-corrected chi connectivity index (χ1v) is 11.3. The van der Waals surface area contributed by atoms with Crippen molar-refractivity contribution >= 4 is 28.1 Å². The van der Waals surface area contributed by atoms with Crippen LogP contribution in [0.3, 0.4) is 0 Å². The summed E-state index contributed by atoms with van der Waals surface area (Å²) in [6, 6.07) is 10.1. The van der Waals surface area contributed by atoms with Crippen molar-refractivity contribution in [3.63, 3.8) is 0 Å². The Labute approximate surface area is 172 Å². The molecule has 0 spiro atoms. The van der Waals surface area contributed by atoms with Crippen molar-refractivity contribution in [3.05, 3.63) is 41.4 Å². The van der Waals surface area contributed by atoms with Gasteiger partial charge < -0.3 is 15.1 Å². The quantitative estimate of drug-likeness (QED) is 0.628. The smallest absolute Gasteiger partial charge is 0.270 e. The van der Waals surface area contributed by atoms with Crippen molar-refractivity contribution in [3.8, 4) is 0 Å². The summed E-state index contributed by atoms with van der Waals surface area (Å²) in [6.45, 7) is 6.48. The fraction of sp³-hybridized carbons (Fsp3) is 0.545. The highest BCUT2D eigenvalue weighted by Crippen LogP contribution is 2.26. The number of unbranched alkanes of at least 4 members (excludes halogenated alkanes) is 2. The SMILES string of the molecule is CCCCCN1CCC[C@@H](CNC(=O)c2csc(N(C)c3ccccc3)n2)C1. The lowest BCUT2D eigenvalue weighted by molar-refractivity contribution is 0.0928. The lowest BCUT2D eigenvalue weighted by Gasteiger charge is -2.32. The van der Waals surface area contributed by atoms with Gasteiger partial charge in [0.15, 0.2) is 5.13 Å². The molecule has 1 saturated heterocycles. The van der Waals surface area contributed by atoms with Crippen LogP contribution in [0.2, 0.25) is 0 Å². The van der Waals surface area contributed by atoms with E-state index in [2.05, 4.69) is 22.1 Å². The zero-order chi connectivity index (χ0) is 19.8. The zero-order valence-electron chi connectivity index (χ0n) is 17.1. The molecule has 1 aliphatic rings. The number of carbonyl (C=O) groups excluding carboxylic acids is 1. The molecular weight excluding hydrogens is 368 g/mol. The predicted octanol–water partition coefficient (Wildman–Crippen LogP) is 4.54. The maximum absolute atomic E-state index is 12.6. The lowest BCUT2D eigenvalue weighted by atomic mass is 9.97. The van der Waals surface area contributed by atoms with Crippen molar-refractivity contribution in [1.29, 1.82) is 0 Å². The summed E-state index contributed by atoms with van der Waals surface area (Å²) in [5, 5.41) is 5.79. The van der Waals surface area contributed by atoms with Gasteiger partial charge in [0.25, 0.3) is 5.91 Å². The molecule has 152 valence electrons. The van der Waals surface area contributed by atoms with Gasteiger partial charge in [-0.3, -0.25) is 4.79 Å². The first-order valence-electron chi connectivity index (χ1n) is 10.4. The highest BCUT2D eigenvalue weighted by molar-refractivity contribution is 7.14.